The van der Waals surface area contributed by atoms with Gasteiger partial charge in [0, 0.05) is 5.02 Å². The van der Waals surface area contributed by atoms with Gasteiger partial charge in [-0.05, 0) is 35.9 Å². The van der Waals surface area contributed by atoms with Crippen molar-refractivity contribution in [3.8, 4) is 11.5 Å². The number of anilines is 1. The molecule has 0 unspecified atom stereocenters. The van der Waals surface area contributed by atoms with Gasteiger partial charge in [-0.15, -0.1) is 0 Å². The van der Waals surface area contributed by atoms with Gasteiger partial charge in [0.2, 0.25) is 0 Å². The fraction of sp³-hybridized carbons (Fsp3) is 0.176. The van der Waals surface area contributed by atoms with E-state index in [-0.39, 0.29) is 6.54 Å². The molecule has 0 saturated carbocycles. The molecule has 118 valence electrons. The van der Waals surface area contributed by atoms with Crippen molar-refractivity contribution in [3.05, 3.63) is 52.5 Å². The Balaban J connectivity index is 1.95. The second-order valence-electron chi connectivity index (χ2n) is 5.07. The molecule has 0 aromatic heterocycles. The number of hydrogen-bond donors (Lipinski definition) is 0. The number of fused-ring (bicyclic) bond motifs is 1. The van der Waals surface area contributed by atoms with Gasteiger partial charge in [0.05, 0.1) is 32.0 Å². The van der Waals surface area contributed by atoms with Gasteiger partial charge >= 0.3 is 0 Å². The summed E-state index contributed by atoms with van der Waals surface area (Å²) in [6.45, 7) is 0.263. The molecule has 0 bridgehead atoms. The van der Waals surface area contributed by atoms with Crippen LogP contribution in [0.3, 0.4) is 0 Å². The molecule has 0 radical (unpaired) electrons. The molecule has 0 aliphatic carbocycles. The molecule has 1 heterocycles. The first kappa shape index (κ1) is 15.4. The van der Waals surface area contributed by atoms with E-state index in [4.69, 9.17) is 21.1 Å². The van der Waals surface area contributed by atoms with Gasteiger partial charge in [-0.1, -0.05) is 17.7 Å². The molecular weight excluding hydrogens is 318 g/mol. The van der Waals surface area contributed by atoms with Crippen LogP contribution in [0, 0.1) is 0 Å². The van der Waals surface area contributed by atoms with Crippen molar-refractivity contribution in [2.45, 2.75) is 6.54 Å². The van der Waals surface area contributed by atoms with E-state index in [0.717, 1.165) is 5.56 Å². The van der Waals surface area contributed by atoms with Crippen molar-refractivity contribution in [3.63, 3.8) is 0 Å². The first-order valence-corrected chi connectivity index (χ1v) is 7.29. The highest BCUT2D eigenvalue weighted by Crippen LogP contribution is 2.34. The lowest BCUT2D eigenvalue weighted by Gasteiger charge is -2.17. The molecule has 0 N–H and O–H groups in total. The Morgan fingerprint density at radius 3 is 2.43 bits per heavy atom. The number of Topliss-reactive ketones (excluding diaryl/α,β-unsaturated/α-hetero) is 1. The first-order chi connectivity index (χ1) is 11.0. The molecule has 0 atom stereocenters. The topological polar surface area (TPSA) is 55.8 Å². The van der Waals surface area contributed by atoms with Crippen LogP contribution in [0.5, 0.6) is 11.5 Å². The van der Waals surface area contributed by atoms with E-state index in [9.17, 15) is 9.59 Å². The lowest BCUT2D eigenvalue weighted by molar-refractivity contribution is -0.114. The van der Waals surface area contributed by atoms with E-state index in [0.29, 0.717) is 27.8 Å². The molecule has 23 heavy (non-hydrogen) atoms. The third-order valence-electron chi connectivity index (χ3n) is 3.72. The summed E-state index contributed by atoms with van der Waals surface area (Å²) in [5.41, 5.74) is 1.73. The molecule has 2 aromatic carbocycles. The van der Waals surface area contributed by atoms with Crippen LogP contribution >= 0.6 is 11.6 Å². The molecule has 0 saturated heterocycles. The molecular formula is C17H14ClNO4. The molecule has 5 nitrogen and oxygen atoms in total. The minimum atomic E-state index is -0.558. The number of ether oxygens (including phenoxy) is 2. The number of carbonyl (C=O) groups is 2. The average molecular weight is 332 g/mol. The van der Waals surface area contributed by atoms with Gasteiger partial charge < -0.3 is 14.4 Å². The molecule has 0 spiro atoms. The lowest BCUT2D eigenvalue weighted by Crippen LogP contribution is -2.29. The molecule has 2 aromatic rings. The zero-order valence-electron chi connectivity index (χ0n) is 12.6. The SMILES string of the molecule is COc1ccc(CN2C(=O)C(=O)c3cc(Cl)ccc32)cc1OC. The maximum Gasteiger partial charge on any atom is 0.299 e. The number of ketones is 1. The number of nitrogens with zero attached hydrogens (tertiary/aromatic N) is 1. The molecule has 6 heteroatoms. The second-order valence-corrected chi connectivity index (χ2v) is 5.51. The zero-order chi connectivity index (χ0) is 16.6. The Bertz CT molecular complexity index is 803. The fourth-order valence-corrected chi connectivity index (χ4v) is 2.76. The van der Waals surface area contributed by atoms with Crippen LogP contribution in [0.1, 0.15) is 15.9 Å². The van der Waals surface area contributed by atoms with Gasteiger partial charge in [-0.25, -0.2) is 0 Å². The number of amides is 1. The Morgan fingerprint density at radius 2 is 1.74 bits per heavy atom. The monoisotopic (exact) mass is 331 g/mol. The van der Waals surface area contributed by atoms with Crippen LogP contribution in [-0.2, 0) is 11.3 Å². The highest BCUT2D eigenvalue weighted by molar-refractivity contribution is 6.52. The van der Waals surface area contributed by atoms with E-state index >= 15 is 0 Å². The zero-order valence-corrected chi connectivity index (χ0v) is 13.4. The predicted octanol–water partition coefficient (Wildman–Crippen LogP) is 3.09. The average Bonchev–Trinajstić information content (AvgIpc) is 2.79. The van der Waals surface area contributed by atoms with Crippen molar-refractivity contribution in [1.29, 1.82) is 0 Å². The molecule has 1 aliphatic heterocycles. The summed E-state index contributed by atoms with van der Waals surface area (Å²) in [5, 5.41) is 0.429. The van der Waals surface area contributed by atoms with Crippen LogP contribution in [0.4, 0.5) is 5.69 Å². The smallest absolute Gasteiger partial charge is 0.299 e. The highest BCUT2D eigenvalue weighted by Gasteiger charge is 2.35. The van der Waals surface area contributed by atoms with Gasteiger partial charge in [0.1, 0.15) is 0 Å². The minimum absolute atomic E-state index is 0.263. The third-order valence-corrected chi connectivity index (χ3v) is 3.96. The summed E-state index contributed by atoms with van der Waals surface area (Å²) in [6.07, 6.45) is 0. The Kier molecular flexibility index (Phi) is 3.96. The van der Waals surface area contributed by atoms with Gasteiger partial charge in [-0.2, -0.15) is 0 Å². The molecule has 1 aliphatic rings. The summed E-state index contributed by atoms with van der Waals surface area (Å²) in [7, 11) is 3.10. The largest absolute Gasteiger partial charge is 0.493 e. The summed E-state index contributed by atoms with van der Waals surface area (Å²) >= 11 is 5.90. The third kappa shape index (κ3) is 2.64. The maximum atomic E-state index is 12.2. The van der Waals surface area contributed by atoms with Gasteiger partial charge in [0.15, 0.2) is 11.5 Å². The number of carbonyl (C=O) groups excluding carboxylic acids is 2. The van der Waals surface area contributed by atoms with E-state index < -0.39 is 11.7 Å². The van der Waals surface area contributed by atoms with E-state index in [1.54, 1.807) is 38.5 Å². The summed E-state index contributed by atoms with van der Waals surface area (Å²) in [4.78, 5) is 25.8. The quantitative estimate of drug-likeness (QED) is 0.808. The van der Waals surface area contributed by atoms with Crippen molar-refractivity contribution in [2.75, 3.05) is 19.1 Å². The van der Waals surface area contributed by atoms with Crippen molar-refractivity contribution in [2.24, 2.45) is 0 Å². The van der Waals surface area contributed by atoms with Crippen molar-refractivity contribution < 1.29 is 19.1 Å². The van der Waals surface area contributed by atoms with Crippen molar-refractivity contribution in [1.82, 2.24) is 0 Å². The van der Waals surface area contributed by atoms with Crippen LogP contribution < -0.4 is 14.4 Å². The Hall–Kier alpha value is -2.53. The van der Waals surface area contributed by atoms with E-state index in [1.807, 2.05) is 6.07 Å². The number of rotatable bonds is 4. The van der Waals surface area contributed by atoms with E-state index in [2.05, 4.69) is 0 Å². The van der Waals surface area contributed by atoms with Crippen LogP contribution in [0.2, 0.25) is 5.02 Å². The second kappa shape index (κ2) is 5.93. The fourth-order valence-electron chi connectivity index (χ4n) is 2.59. The number of hydrogen-bond acceptors (Lipinski definition) is 4. The summed E-state index contributed by atoms with van der Waals surface area (Å²) in [5.74, 6) is 0.0755. The highest BCUT2D eigenvalue weighted by atomic mass is 35.5. The first-order valence-electron chi connectivity index (χ1n) is 6.92. The predicted molar refractivity (Wildman–Crippen MR) is 86.5 cm³/mol. The summed E-state index contributed by atoms with van der Waals surface area (Å²) < 4.78 is 10.5. The Labute approximate surface area is 138 Å². The number of benzene rings is 2. The van der Waals surface area contributed by atoms with Crippen LogP contribution in [0.15, 0.2) is 36.4 Å². The molecule has 3 rings (SSSR count). The standard InChI is InChI=1S/C17H14ClNO4/c1-22-14-6-3-10(7-15(14)23-2)9-19-13-5-4-11(18)8-12(13)16(20)17(19)21/h3-8H,9H2,1-2H3. The van der Waals surface area contributed by atoms with E-state index in [1.165, 1.54) is 11.0 Å². The van der Waals surface area contributed by atoms with Crippen LogP contribution in [0.25, 0.3) is 0 Å². The molecule has 0 fully saturated rings. The summed E-state index contributed by atoms with van der Waals surface area (Å²) in [6, 6.07) is 10.2. The van der Waals surface area contributed by atoms with Crippen LogP contribution in [-0.4, -0.2) is 25.9 Å². The van der Waals surface area contributed by atoms with Gasteiger partial charge in [0.25, 0.3) is 11.7 Å². The minimum Gasteiger partial charge on any atom is -0.493 e. The molecule has 1 amide bonds. The number of halogens is 1. The normalized spacial score (nSPS) is 13.3. The van der Waals surface area contributed by atoms with Crippen molar-refractivity contribution >= 4 is 29.0 Å². The van der Waals surface area contributed by atoms with Gasteiger partial charge in [-0.3, -0.25) is 9.59 Å². The number of methoxy groups -OCH3 is 2. The maximum absolute atomic E-state index is 12.2. The Morgan fingerprint density at radius 1 is 1.00 bits per heavy atom. The lowest BCUT2D eigenvalue weighted by atomic mass is 10.1.